The predicted octanol–water partition coefficient (Wildman–Crippen LogP) is 2.38. The number of amides is 2. The molecule has 2 rings (SSSR count). The van der Waals surface area contributed by atoms with Gasteiger partial charge in [0.2, 0.25) is 11.8 Å². The molecule has 0 fully saturated rings. The van der Waals surface area contributed by atoms with E-state index >= 15 is 0 Å². The Labute approximate surface area is 140 Å². The number of halogens is 1. The number of nitrogens with one attached hydrogen (secondary N) is 1. The second-order valence-electron chi connectivity index (χ2n) is 5.64. The van der Waals surface area contributed by atoms with E-state index in [1.54, 1.807) is 50.4 Å². The van der Waals surface area contributed by atoms with Crippen LogP contribution in [-0.4, -0.2) is 29.8 Å². The molecule has 0 aliphatic carbocycles. The highest BCUT2D eigenvalue weighted by Crippen LogP contribution is 2.13. The van der Waals surface area contributed by atoms with Crippen LogP contribution >= 0.6 is 0 Å². The summed E-state index contributed by atoms with van der Waals surface area (Å²) in [4.78, 5) is 25.2. The lowest BCUT2D eigenvalue weighted by Crippen LogP contribution is -2.38. The van der Waals surface area contributed by atoms with Crippen LogP contribution in [0, 0.1) is 5.82 Å². The number of nitrogens with zero attached hydrogens (tertiary/aromatic N) is 1. The van der Waals surface area contributed by atoms with Crippen LogP contribution in [-0.2, 0) is 11.3 Å². The molecule has 2 amide bonds. The van der Waals surface area contributed by atoms with Gasteiger partial charge < -0.3 is 16.0 Å². The third-order valence-electron chi connectivity index (χ3n) is 3.59. The number of primary amides is 1. The molecule has 3 N–H and O–H groups in total. The van der Waals surface area contributed by atoms with E-state index in [2.05, 4.69) is 5.32 Å². The summed E-state index contributed by atoms with van der Waals surface area (Å²) in [5, 5.41) is 3.04. The topological polar surface area (TPSA) is 75.4 Å². The van der Waals surface area contributed by atoms with Crippen molar-refractivity contribution in [3.63, 3.8) is 0 Å². The van der Waals surface area contributed by atoms with E-state index in [0.717, 1.165) is 0 Å². The highest BCUT2D eigenvalue weighted by atomic mass is 19.1. The lowest BCUT2D eigenvalue weighted by molar-refractivity contribution is -0.130. The molecule has 6 heteroatoms. The first-order valence-corrected chi connectivity index (χ1v) is 7.52. The Morgan fingerprint density at radius 3 is 2.58 bits per heavy atom. The average molecular weight is 329 g/mol. The minimum absolute atomic E-state index is 0.149. The van der Waals surface area contributed by atoms with Gasteiger partial charge in [0.05, 0.1) is 0 Å². The van der Waals surface area contributed by atoms with E-state index in [1.807, 2.05) is 0 Å². The van der Waals surface area contributed by atoms with Gasteiger partial charge in [0.25, 0.3) is 0 Å². The maximum atomic E-state index is 13.2. The minimum atomic E-state index is -0.527. The molecule has 24 heavy (non-hydrogen) atoms. The van der Waals surface area contributed by atoms with Gasteiger partial charge in [0, 0.05) is 24.8 Å². The van der Waals surface area contributed by atoms with Crippen molar-refractivity contribution < 1.29 is 14.0 Å². The maximum absolute atomic E-state index is 13.2. The third kappa shape index (κ3) is 4.55. The van der Waals surface area contributed by atoms with Crippen molar-refractivity contribution in [1.82, 2.24) is 4.90 Å². The van der Waals surface area contributed by atoms with Crippen LogP contribution in [0.1, 0.15) is 22.8 Å². The van der Waals surface area contributed by atoms with Gasteiger partial charge in [-0.05, 0) is 42.8 Å². The molecule has 2 aromatic rings. The van der Waals surface area contributed by atoms with Crippen molar-refractivity contribution in [2.75, 3.05) is 12.4 Å². The van der Waals surface area contributed by atoms with E-state index in [0.29, 0.717) is 23.4 Å². The molecule has 0 radical (unpaired) electrons. The van der Waals surface area contributed by atoms with Gasteiger partial charge in [0.15, 0.2) is 0 Å². The van der Waals surface area contributed by atoms with Crippen molar-refractivity contribution in [1.29, 1.82) is 0 Å². The van der Waals surface area contributed by atoms with Gasteiger partial charge in [-0.25, -0.2) is 4.39 Å². The largest absolute Gasteiger partial charge is 0.374 e. The van der Waals surface area contributed by atoms with E-state index in [9.17, 15) is 14.0 Å². The molecular formula is C18H20FN3O2. The fraction of sp³-hybridized carbons (Fsp3) is 0.222. The van der Waals surface area contributed by atoms with Gasteiger partial charge >= 0.3 is 0 Å². The number of nitrogens with two attached hydrogens (primary N) is 1. The zero-order chi connectivity index (χ0) is 17.7. The fourth-order valence-electron chi connectivity index (χ4n) is 2.39. The molecule has 5 nitrogen and oxygen atoms in total. The molecule has 0 heterocycles. The van der Waals surface area contributed by atoms with Crippen LogP contribution < -0.4 is 11.1 Å². The highest BCUT2D eigenvalue weighted by molar-refractivity contribution is 5.94. The number of likely N-dealkylation sites (N-methyl/N-ethyl adjacent to an activating group) is 1. The van der Waals surface area contributed by atoms with Crippen molar-refractivity contribution >= 4 is 17.5 Å². The Morgan fingerprint density at radius 2 is 1.92 bits per heavy atom. The summed E-state index contributed by atoms with van der Waals surface area (Å²) < 4.78 is 13.2. The zero-order valence-corrected chi connectivity index (χ0v) is 13.6. The van der Waals surface area contributed by atoms with Crippen molar-refractivity contribution in [2.24, 2.45) is 5.73 Å². The SMILES string of the molecule is C[C@H](Nc1cccc(C(N)=O)c1)C(=O)N(C)Cc1cccc(F)c1. The molecule has 0 aliphatic rings. The van der Waals surface area contributed by atoms with E-state index in [-0.39, 0.29) is 11.7 Å². The first kappa shape index (κ1) is 17.5. The number of carbonyl (C=O) groups is 2. The molecule has 0 aliphatic heterocycles. The van der Waals surface area contributed by atoms with Crippen LogP contribution in [0.25, 0.3) is 0 Å². The number of hydrogen-bond donors (Lipinski definition) is 2. The lowest BCUT2D eigenvalue weighted by atomic mass is 10.1. The van der Waals surface area contributed by atoms with E-state index < -0.39 is 11.9 Å². The summed E-state index contributed by atoms with van der Waals surface area (Å²) in [6.45, 7) is 2.03. The lowest BCUT2D eigenvalue weighted by Gasteiger charge is -2.23. The molecule has 0 saturated heterocycles. The molecule has 126 valence electrons. The van der Waals surface area contributed by atoms with Crippen LogP contribution in [0.2, 0.25) is 0 Å². The summed E-state index contributed by atoms with van der Waals surface area (Å²) in [5.41, 5.74) is 6.96. The number of carbonyl (C=O) groups excluding carboxylic acids is 2. The van der Waals surface area contributed by atoms with Crippen molar-refractivity contribution in [2.45, 2.75) is 19.5 Å². The van der Waals surface area contributed by atoms with Crippen LogP contribution in [0.15, 0.2) is 48.5 Å². The number of hydrogen-bond acceptors (Lipinski definition) is 3. The third-order valence-corrected chi connectivity index (χ3v) is 3.59. The van der Waals surface area contributed by atoms with Gasteiger partial charge in [-0.3, -0.25) is 9.59 Å². The fourth-order valence-corrected chi connectivity index (χ4v) is 2.39. The van der Waals surface area contributed by atoms with Gasteiger partial charge in [-0.1, -0.05) is 18.2 Å². The Kier molecular flexibility index (Phi) is 5.52. The van der Waals surface area contributed by atoms with Crippen LogP contribution in [0.4, 0.5) is 10.1 Å². The smallest absolute Gasteiger partial charge is 0.248 e. The molecule has 0 unspecified atom stereocenters. The standard InChI is InChI=1S/C18H20FN3O2/c1-12(21-16-8-4-6-14(10-16)17(20)23)18(24)22(2)11-13-5-3-7-15(19)9-13/h3-10,12,21H,11H2,1-2H3,(H2,20,23)/t12-/m0/s1. The van der Waals surface area contributed by atoms with Crippen molar-refractivity contribution in [3.8, 4) is 0 Å². The number of anilines is 1. The summed E-state index contributed by atoms with van der Waals surface area (Å²) in [7, 11) is 1.66. The Balaban J connectivity index is 2.00. The second-order valence-corrected chi connectivity index (χ2v) is 5.64. The monoisotopic (exact) mass is 329 g/mol. The summed E-state index contributed by atoms with van der Waals surface area (Å²) in [6.07, 6.45) is 0. The predicted molar refractivity (Wildman–Crippen MR) is 90.9 cm³/mol. The van der Waals surface area contributed by atoms with Gasteiger partial charge in [-0.15, -0.1) is 0 Å². The maximum Gasteiger partial charge on any atom is 0.248 e. The molecule has 1 atom stereocenters. The minimum Gasteiger partial charge on any atom is -0.374 e. The Bertz CT molecular complexity index is 749. The molecule has 0 spiro atoms. The van der Waals surface area contributed by atoms with E-state index in [1.165, 1.54) is 17.0 Å². The number of benzene rings is 2. The molecule has 0 bridgehead atoms. The van der Waals surface area contributed by atoms with Crippen molar-refractivity contribution in [3.05, 3.63) is 65.5 Å². The summed E-state index contributed by atoms with van der Waals surface area (Å²) in [5.74, 6) is -1.01. The first-order valence-electron chi connectivity index (χ1n) is 7.52. The van der Waals surface area contributed by atoms with Gasteiger partial charge in [0.1, 0.15) is 11.9 Å². The molecule has 0 aromatic heterocycles. The normalized spacial score (nSPS) is 11.6. The number of rotatable bonds is 6. The highest BCUT2D eigenvalue weighted by Gasteiger charge is 2.18. The van der Waals surface area contributed by atoms with Crippen LogP contribution in [0.3, 0.4) is 0 Å². The van der Waals surface area contributed by atoms with Crippen LogP contribution in [0.5, 0.6) is 0 Å². The first-order chi connectivity index (χ1) is 11.4. The Morgan fingerprint density at radius 1 is 1.21 bits per heavy atom. The molecule has 0 saturated carbocycles. The Hall–Kier alpha value is -2.89. The van der Waals surface area contributed by atoms with E-state index in [4.69, 9.17) is 5.73 Å². The summed E-state index contributed by atoms with van der Waals surface area (Å²) in [6, 6.07) is 12.3. The quantitative estimate of drug-likeness (QED) is 0.854. The second kappa shape index (κ2) is 7.59. The zero-order valence-electron chi connectivity index (χ0n) is 13.6. The molecular weight excluding hydrogens is 309 g/mol. The average Bonchev–Trinajstić information content (AvgIpc) is 2.54. The van der Waals surface area contributed by atoms with Gasteiger partial charge in [-0.2, -0.15) is 0 Å². The summed E-state index contributed by atoms with van der Waals surface area (Å²) >= 11 is 0. The molecule has 2 aromatic carbocycles.